The van der Waals surface area contributed by atoms with E-state index in [-0.39, 0.29) is 17.7 Å². The van der Waals surface area contributed by atoms with Gasteiger partial charge < -0.3 is 38.5 Å². The Labute approximate surface area is 205 Å². The van der Waals surface area contributed by atoms with Crippen molar-refractivity contribution in [2.45, 2.75) is 65.3 Å². The van der Waals surface area contributed by atoms with Crippen LogP contribution in [0.4, 0.5) is 5.82 Å². The second kappa shape index (κ2) is 12.6. The number of nitrogens with one attached hydrogen (secondary N) is 1. The summed E-state index contributed by atoms with van der Waals surface area (Å²) >= 11 is 0. The normalized spacial score (nSPS) is 23.0. The predicted octanol–water partition coefficient (Wildman–Crippen LogP) is -0.0945. The molecule has 1 aromatic heterocycles. The zero-order chi connectivity index (χ0) is 27.0. The van der Waals surface area contributed by atoms with Crippen molar-refractivity contribution >= 4 is 35.7 Å². The van der Waals surface area contributed by atoms with E-state index >= 15 is 0 Å². The molecular weight excluding hydrogens is 486 g/mol. The van der Waals surface area contributed by atoms with E-state index in [4.69, 9.17) is 33.2 Å². The Hall–Kier alpha value is -4.01. The van der Waals surface area contributed by atoms with E-state index in [9.17, 15) is 24.0 Å². The summed E-state index contributed by atoms with van der Waals surface area (Å²) in [6.45, 7) is 5.26. The molecule has 5 atom stereocenters. The summed E-state index contributed by atoms with van der Waals surface area (Å²) in [5.74, 6) is -3.78. The van der Waals surface area contributed by atoms with Crippen molar-refractivity contribution in [1.29, 1.82) is 0 Å². The fourth-order valence-corrected chi connectivity index (χ4v) is 3.26. The molecule has 0 radical (unpaired) electrons. The molecule has 0 aliphatic carbocycles. The third-order valence-electron chi connectivity index (χ3n) is 4.39. The zero-order valence-corrected chi connectivity index (χ0v) is 20.5. The van der Waals surface area contributed by atoms with Gasteiger partial charge in [-0.25, -0.2) is 0 Å². The number of hydrogen-bond acceptors (Lipinski definition) is 15. The monoisotopic (exact) mass is 513 g/mol. The number of aromatic nitrogens is 2. The first kappa shape index (κ1) is 28.2. The van der Waals surface area contributed by atoms with Gasteiger partial charge in [0.25, 0.3) is 0 Å². The maximum absolute atomic E-state index is 11.9. The molecule has 1 saturated heterocycles. The maximum Gasteiger partial charge on any atom is 0.321 e. The van der Waals surface area contributed by atoms with Crippen molar-refractivity contribution < 1.29 is 57.1 Å². The smallest absolute Gasteiger partial charge is 0.321 e. The highest BCUT2D eigenvalue weighted by Gasteiger charge is 2.52. The summed E-state index contributed by atoms with van der Waals surface area (Å²) in [6, 6.07) is 1.06. The summed E-state index contributed by atoms with van der Waals surface area (Å²) in [7, 11) is 1.28. The molecule has 2 heterocycles. The molecule has 0 amide bonds. The van der Waals surface area contributed by atoms with Crippen LogP contribution in [0.15, 0.2) is 6.07 Å². The second-order valence-electron chi connectivity index (χ2n) is 7.44. The van der Waals surface area contributed by atoms with Crippen LogP contribution in [0, 0.1) is 0 Å². The van der Waals surface area contributed by atoms with Crippen molar-refractivity contribution in [2.75, 3.05) is 19.0 Å². The van der Waals surface area contributed by atoms with Crippen LogP contribution in [-0.2, 0) is 47.7 Å². The van der Waals surface area contributed by atoms with Crippen molar-refractivity contribution in [3.05, 3.63) is 6.07 Å². The highest BCUT2D eigenvalue weighted by Crippen LogP contribution is 2.30. The topological polar surface area (TPSA) is 188 Å². The van der Waals surface area contributed by atoms with Crippen molar-refractivity contribution in [3.8, 4) is 11.9 Å². The van der Waals surface area contributed by atoms with Crippen LogP contribution in [0.3, 0.4) is 0 Å². The van der Waals surface area contributed by atoms with Crippen LogP contribution in [0.2, 0.25) is 0 Å². The minimum absolute atomic E-state index is 0.000926. The Morgan fingerprint density at radius 2 is 1.42 bits per heavy atom. The number of anilines is 1. The molecular formula is C21H27N3O12. The van der Waals surface area contributed by atoms with Crippen molar-refractivity contribution in [3.63, 3.8) is 0 Å². The summed E-state index contributed by atoms with van der Waals surface area (Å²) in [5, 5.41) is 2.83. The number of ether oxygens (including phenoxy) is 7. The minimum atomic E-state index is -1.38. The van der Waals surface area contributed by atoms with Gasteiger partial charge >= 0.3 is 35.9 Å². The van der Waals surface area contributed by atoms with E-state index in [1.165, 1.54) is 20.1 Å². The third kappa shape index (κ3) is 8.33. The zero-order valence-electron chi connectivity index (χ0n) is 20.5. The van der Waals surface area contributed by atoms with Crippen LogP contribution in [0.25, 0.3) is 0 Å². The molecule has 1 aliphatic heterocycles. The van der Waals surface area contributed by atoms with E-state index in [0.29, 0.717) is 0 Å². The van der Waals surface area contributed by atoms with Gasteiger partial charge in [0.15, 0.2) is 24.5 Å². The van der Waals surface area contributed by atoms with Gasteiger partial charge in [0.05, 0.1) is 7.11 Å². The number of nitrogens with zero attached hydrogens (tertiary/aromatic N) is 2. The number of rotatable bonds is 9. The SMILES string of the molecule is COc1nc(N[C@@H]2O[C@H](COC(C)=O)[C@@H](OC(C)=O)[C@H](OC(C)=O)[C@H]2OC(C)=O)cc(OC(C)=O)n1. The van der Waals surface area contributed by atoms with Crippen molar-refractivity contribution in [1.82, 2.24) is 9.97 Å². The summed E-state index contributed by atoms with van der Waals surface area (Å²) < 4.78 is 37.0. The number of methoxy groups -OCH3 is 1. The van der Waals surface area contributed by atoms with E-state index in [0.717, 1.165) is 27.7 Å². The molecule has 1 fully saturated rings. The second-order valence-corrected chi connectivity index (χ2v) is 7.44. The molecule has 1 aromatic rings. The van der Waals surface area contributed by atoms with Gasteiger partial charge in [-0.2, -0.15) is 9.97 Å². The molecule has 1 aliphatic rings. The lowest BCUT2D eigenvalue weighted by Gasteiger charge is -2.44. The molecule has 0 saturated carbocycles. The van der Waals surface area contributed by atoms with Crippen LogP contribution in [0.1, 0.15) is 34.6 Å². The van der Waals surface area contributed by atoms with Gasteiger partial charge in [-0.05, 0) is 0 Å². The highest BCUT2D eigenvalue weighted by molar-refractivity contribution is 5.69. The van der Waals surface area contributed by atoms with Crippen LogP contribution >= 0.6 is 0 Å². The number of hydrogen-bond donors (Lipinski definition) is 1. The Balaban J connectivity index is 2.52. The molecule has 15 nitrogen and oxygen atoms in total. The van der Waals surface area contributed by atoms with Gasteiger partial charge in [0, 0.05) is 40.7 Å². The first-order valence-electron chi connectivity index (χ1n) is 10.6. The molecule has 1 N–H and O–H groups in total. The van der Waals surface area contributed by atoms with Gasteiger partial charge in [0.2, 0.25) is 5.88 Å². The fraction of sp³-hybridized carbons (Fsp3) is 0.571. The fourth-order valence-electron chi connectivity index (χ4n) is 3.26. The van der Waals surface area contributed by atoms with E-state index in [2.05, 4.69) is 15.3 Å². The Bertz CT molecular complexity index is 1000. The molecule has 0 bridgehead atoms. The molecule has 0 spiro atoms. The summed E-state index contributed by atoms with van der Waals surface area (Å²) in [5.41, 5.74) is 0. The molecule has 0 aromatic carbocycles. The lowest BCUT2D eigenvalue weighted by atomic mass is 9.97. The average Bonchev–Trinajstić information content (AvgIpc) is 2.74. The molecule has 36 heavy (non-hydrogen) atoms. The number of carbonyl (C=O) groups is 5. The van der Waals surface area contributed by atoms with E-state index < -0.39 is 67.1 Å². The highest BCUT2D eigenvalue weighted by atomic mass is 16.7. The van der Waals surface area contributed by atoms with Gasteiger partial charge in [-0.15, -0.1) is 0 Å². The predicted molar refractivity (Wildman–Crippen MR) is 115 cm³/mol. The molecule has 2 rings (SSSR count). The molecule has 0 unspecified atom stereocenters. The van der Waals surface area contributed by atoms with Crippen molar-refractivity contribution in [2.24, 2.45) is 0 Å². The number of carbonyl (C=O) groups excluding carboxylic acids is 5. The van der Waals surface area contributed by atoms with Gasteiger partial charge in [-0.1, -0.05) is 0 Å². The van der Waals surface area contributed by atoms with Gasteiger partial charge in [0.1, 0.15) is 18.5 Å². The molecule has 15 heteroatoms. The van der Waals surface area contributed by atoms with E-state index in [1.54, 1.807) is 0 Å². The first-order valence-corrected chi connectivity index (χ1v) is 10.6. The van der Waals surface area contributed by atoms with E-state index in [1.807, 2.05) is 0 Å². The lowest BCUT2D eigenvalue weighted by Crippen LogP contribution is -2.64. The summed E-state index contributed by atoms with van der Waals surface area (Å²) in [6.07, 6.45) is -6.52. The maximum atomic E-state index is 11.9. The largest absolute Gasteiger partial charge is 0.467 e. The Morgan fingerprint density at radius 3 is 1.94 bits per heavy atom. The number of esters is 5. The minimum Gasteiger partial charge on any atom is -0.467 e. The standard InChI is InChI=1S/C21H27N3O12/c1-9(25)31-8-14-17(33-11(3)27)18(34-12(4)28)19(35-13(5)29)20(36-14)22-15-7-16(32-10(2)26)24-21(23-15)30-6/h7,14,17-20H,8H2,1-6H3,(H,22,23,24)/t14-,17-,18+,19-,20-/m1/s1. The third-order valence-corrected chi connectivity index (χ3v) is 4.39. The quantitative estimate of drug-likeness (QED) is 0.340. The van der Waals surface area contributed by atoms with Crippen LogP contribution < -0.4 is 14.8 Å². The average molecular weight is 513 g/mol. The first-order chi connectivity index (χ1) is 16.9. The Morgan fingerprint density at radius 1 is 0.833 bits per heavy atom. The Kier molecular flexibility index (Phi) is 9.90. The summed E-state index contributed by atoms with van der Waals surface area (Å²) in [4.78, 5) is 66.4. The van der Waals surface area contributed by atoms with Crippen LogP contribution in [-0.4, -0.2) is 84.2 Å². The lowest BCUT2D eigenvalue weighted by molar-refractivity contribution is -0.247. The molecule has 198 valence electrons. The van der Waals surface area contributed by atoms with Gasteiger partial charge in [-0.3, -0.25) is 24.0 Å². The van der Waals surface area contributed by atoms with Crippen LogP contribution in [0.5, 0.6) is 11.9 Å².